The van der Waals surface area contributed by atoms with Crippen molar-refractivity contribution < 1.29 is 19.7 Å². The van der Waals surface area contributed by atoms with E-state index in [1.165, 1.54) is 0 Å². The van der Waals surface area contributed by atoms with Gasteiger partial charge in [0.2, 0.25) is 0 Å². The second-order valence-corrected chi connectivity index (χ2v) is 5.29. The Labute approximate surface area is 122 Å². The third-order valence-corrected chi connectivity index (χ3v) is 2.54. The first-order valence-corrected chi connectivity index (χ1v) is 6.94. The Bertz CT molecular complexity index is 331. The van der Waals surface area contributed by atoms with E-state index in [9.17, 15) is 10.2 Å². The lowest BCUT2D eigenvalue weighted by Crippen LogP contribution is -2.11. The Balaban J connectivity index is 3.95. The molecule has 0 fully saturated rings. The summed E-state index contributed by atoms with van der Waals surface area (Å²) in [5.41, 5.74) is 0. The third-order valence-electron chi connectivity index (χ3n) is 2.54. The number of aliphatic hydroxyl groups excluding tert-OH is 2. The lowest BCUT2D eigenvalue weighted by molar-refractivity contribution is 0.0993. The third kappa shape index (κ3) is 10.6. The summed E-state index contributed by atoms with van der Waals surface area (Å²) in [5, 5.41) is 18.4. The van der Waals surface area contributed by atoms with E-state index in [1.54, 1.807) is 13.8 Å². The lowest BCUT2D eigenvalue weighted by atomic mass is 10.2. The van der Waals surface area contributed by atoms with E-state index in [-0.39, 0.29) is 12.2 Å². The topological polar surface area (TPSA) is 58.9 Å². The van der Waals surface area contributed by atoms with Gasteiger partial charge in [0.15, 0.2) is 0 Å². The predicted octanol–water partition coefficient (Wildman–Crippen LogP) is 3.27. The molecule has 0 aliphatic rings. The van der Waals surface area contributed by atoms with E-state index in [1.807, 2.05) is 6.92 Å². The summed E-state index contributed by atoms with van der Waals surface area (Å²) in [6.07, 6.45) is 1.22. The Morgan fingerprint density at radius 3 is 1.95 bits per heavy atom. The first kappa shape index (κ1) is 18.7. The van der Waals surface area contributed by atoms with Crippen LogP contribution in [0.15, 0.2) is 37.0 Å². The van der Waals surface area contributed by atoms with Crippen LogP contribution in [0.3, 0.4) is 0 Å². The molecule has 0 aliphatic carbocycles. The molecule has 0 radical (unpaired) electrons. The normalized spacial score (nSPS) is 15.1. The molecule has 0 aromatic rings. The van der Waals surface area contributed by atoms with Crippen molar-refractivity contribution in [2.75, 3.05) is 0 Å². The summed E-state index contributed by atoms with van der Waals surface area (Å²) in [5.74, 6) is 1.69. The van der Waals surface area contributed by atoms with Crippen molar-refractivity contribution in [1.82, 2.24) is 0 Å². The van der Waals surface area contributed by atoms with Gasteiger partial charge in [0.1, 0.15) is 11.9 Å². The first-order valence-electron chi connectivity index (χ1n) is 6.94. The fourth-order valence-corrected chi connectivity index (χ4v) is 1.69. The highest BCUT2D eigenvalue weighted by Gasteiger charge is 2.10. The highest BCUT2D eigenvalue weighted by atomic mass is 16.5. The molecular weight excluding hydrogens is 256 g/mol. The van der Waals surface area contributed by atoms with Gasteiger partial charge < -0.3 is 19.7 Å². The number of rotatable bonds is 11. The molecule has 0 aliphatic heterocycles. The molecule has 116 valence electrons. The van der Waals surface area contributed by atoms with Crippen LogP contribution in [0.1, 0.15) is 46.5 Å². The average molecular weight is 284 g/mol. The monoisotopic (exact) mass is 284 g/mol. The van der Waals surface area contributed by atoms with Gasteiger partial charge >= 0.3 is 0 Å². The molecule has 0 saturated carbocycles. The SMILES string of the molecule is C=C(CC(C)O)OC(=C)CC(C)OC(=C)CCC(C)O. The minimum absolute atomic E-state index is 0.108. The fourth-order valence-electron chi connectivity index (χ4n) is 1.69. The van der Waals surface area contributed by atoms with Gasteiger partial charge in [-0.1, -0.05) is 19.7 Å². The van der Waals surface area contributed by atoms with Gasteiger partial charge in [-0.15, -0.1) is 0 Å². The molecule has 0 amide bonds. The number of aliphatic hydroxyl groups is 2. The molecule has 20 heavy (non-hydrogen) atoms. The maximum Gasteiger partial charge on any atom is 0.102 e. The van der Waals surface area contributed by atoms with Crippen molar-refractivity contribution >= 4 is 0 Å². The second kappa shape index (κ2) is 9.61. The molecule has 0 aromatic heterocycles. The van der Waals surface area contributed by atoms with Gasteiger partial charge in [-0.05, 0) is 27.2 Å². The number of hydrogen-bond acceptors (Lipinski definition) is 4. The van der Waals surface area contributed by atoms with Crippen LogP contribution in [0.2, 0.25) is 0 Å². The van der Waals surface area contributed by atoms with Crippen molar-refractivity contribution in [2.24, 2.45) is 0 Å². The molecule has 0 bridgehead atoms. The molecule has 0 saturated heterocycles. The smallest absolute Gasteiger partial charge is 0.102 e. The Hall–Kier alpha value is -1.26. The van der Waals surface area contributed by atoms with Crippen molar-refractivity contribution in [3.63, 3.8) is 0 Å². The van der Waals surface area contributed by atoms with Gasteiger partial charge in [-0.25, -0.2) is 0 Å². The maximum absolute atomic E-state index is 9.21. The molecule has 0 rings (SSSR count). The van der Waals surface area contributed by atoms with Crippen molar-refractivity contribution in [1.29, 1.82) is 0 Å². The van der Waals surface area contributed by atoms with E-state index in [0.29, 0.717) is 43.0 Å². The van der Waals surface area contributed by atoms with Crippen LogP contribution in [-0.4, -0.2) is 28.5 Å². The van der Waals surface area contributed by atoms with Gasteiger partial charge in [0.25, 0.3) is 0 Å². The zero-order valence-corrected chi connectivity index (χ0v) is 12.9. The molecule has 0 heterocycles. The second-order valence-electron chi connectivity index (χ2n) is 5.29. The molecule has 4 heteroatoms. The Morgan fingerprint density at radius 2 is 1.45 bits per heavy atom. The molecule has 0 spiro atoms. The number of ether oxygens (including phenoxy) is 2. The standard InChI is InChI=1S/C16H28O4/c1-11(17)7-8-13(3)19-15(5)10-16(6)20-14(4)9-12(2)18/h11-12,15,17-18H,3-4,6-10H2,1-2,5H3. The molecule has 3 unspecified atom stereocenters. The van der Waals surface area contributed by atoms with E-state index in [4.69, 9.17) is 9.47 Å². The summed E-state index contributed by atoms with van der Waals surface area (Å²) >= 11 is 0. The van der Waals surface area contributed by atoms with Crippen LogP contribution < -0.4 is 0 Å². The van der Waals surface area contributed by atoms with E-state index in [2.05, 4.69) is 19.7 Å². The van der Waals surface area contributed by atoms with Gasteiger partial charge in [0.05, 0.1) is 23.7 Å². The summed E-state index contributed by atoms with van der Waals surface area (Å²) in [6, 6.07) is 0. The first-order chi connectivity index (χ1) is 9.20. The van der Waals surface area contributed by atoms with Crippen LogP contribution in [0, 0.1) is 0 Å². The molecular formula is C16H28O4. The minimum Gasteiger partial charge on any atom is -0.495 e. The van der Waals surface area contributed by atoms with E-state index < -0.39 is 6.10 Å². The average Bonchev–Trinajstić information content (AvgIpc) is 2.24. The Kier molecular flexibility index (Phi) is 9.01. The lowest BCUT2D eigenvalue weighted by Gasteiger charge is -2.19. The zero-order chi connectivity index (χ0) is 15.7. The number of hydrogen-bond donors (Lipinski definition) is 2. The van der Waals surface area contributed by atoms with Crippen LogP contribution in [0.25, 0.3) is 0 Å². The van der Waals surface area contributed by atoms with Crippen LogP contribution in [-0.2, 0) is 9.47 Å². The Morgan fingerprint density at radius 1 is 0.900 bits per heavy atom. The van der Waals surface area contributed by atoms with E-state index >= 15 is 0 Å². The molecule has 2 N–H and O–H groups in total. The van der Waals surface area contributed by atoms with Crippen LogP contribution in [0.5, 0.6) is 0 Å². The highest BCUT2D eigenvalue weighted by Crippen LogP contribution is 2.17. The largest absolute Gasteiger partial charge is 0.495 e. The fraction of sp³-hybridized carbons (Fsp3) is 0.625. The van der Waals surface area contributed by atoms with Crippen molar-refractivity contribution in [2.45, 2.75) is 64.8 Å². The zero-order valence-electron chi connectivity index (χ0n) is 12.9. The highest BCUT2D eigenvalue weighted by molar-refractivity contribution is 4.96. The van der Waals surface area contributed by atoms with Crippen LogP contribution >= 0.6 is 0 Å². The number of allylic oxidation sites excluding steroid dienone is 1. The van der Waals surface area contributed by atoms with Gasteiger partial charge in [-0.2, -0.15) is 0 Å². The summed E-state index contributed by atoms with van der Waals surface area (Å²) in [4.78, 5) is 0. The summed E-state index contributed by atoms with van der Waals surface area (Å²) in [7, 11) is 0. The molecule has 0 aromatic carbocycles. The predicted molar refractivity (Wildman–Crippen MR) is 80.9 cm³/mol. The van der Waals surface area contributed by atoms with Crippen molar-refractivity contribution in [3.8, 4) is 0 Å². The quantitative estimate of drug-likeness (QED) is 0.572. The maximum atomic E-state index is 9.21. The summed E-state index contributed by atoms with van der Waals surface area (Å²) in [6.45, 7) is 16.7. The van der Waals surface area contributed by atoms with Crippen molar-refractivity contribution in [3.05, 3.63) is 37.0 Å². The summed E-state index contributed by atoms with van der Waals surface area (Å²) < 4.78 is 11.0. The molecule has 3 atom stereocenters. The molecule has 4 nitrogen and oxygen atoms in total. The van der Waals surface area contributed by atoms with Gasteiger partial charge in [-0.3, -0.25) is 0 Å². The van der Waals surface area contributed by atoms with Gasteiger partial charge in [0, 0.05) is 19.3 Å². The van der Waals surface area contributed by atoms with E-state index in [0.717, 1.165) is 0 Å². The van der Waals surface area contributed by atoms with Crippen LogP contribution in [0.4, 0.5) is 0 Å². The minimum atomic E-state index is -0.482.